The van der Waals surface area contributed by atoms with E-state index in [4.69, 9.17) is 4.42 Å². The van der Waals surface area contributed by atoms with Gasteiger partial charge in [-0.2, -0.15) is 5.10 Å². The van der Waals surface area contributed by atoms with Crippen molar-refractivity contribution in [1.29, 1.82) is 0 Å². The number of hydrogen-bond donors (Lipinski definition) is 2. The normalized spacial score (nSPS) is 13.7. The molecule has 0 radical (unpaired) electrons. The number of carbonyl (C=O) groups is 1. The second-order valence-corrected chi connectivity index (χ2v) is 9.30. The summed E-state index contributed by atoms with van der Waals surface area (Å²) in [5, 5.41) is 19.5. The van der Waals surface area contributed by atoms with Crippen LogP contribution < -0.4 is 15.8 Å². The van der Waals surface area contributed by atoms with E-state index in [0.717, 1.165) is 43.1 Å². The number of aromatic nitrogens is 5. The molecule has 0 aliphatic carbocycles. The highest BCUT2D eigenvalue weighted by Crippen LogP contribution is 2.30. The first-order valence-electron chi connectivity index (χ1n) is 11.1. The van der Waals surface area contributed by atoms with E-state index in [9.17, 15) is 9.59 Å². The third kappa shape index (κ3) is 4.07. The molecule has 3 aromatic heterocycles. The van der Waals surface area contributed by atoms with Crippen LogP contribution in [0.5, 0.6) is 0 Å². The second kappa shape index (κ2) is 8.98. The van der Waals surface area contributed by atoms with Crippen LogP contribution in [0.15, 0.2) is 38.6 Å². The van der Waals surface area contributed by atoms with Crippen LogP contribution in [-0.4, -0.2) is 49.7 Å². The Balaban J connectivity index is 1.39. The smallest absolute Gasteiger partial charge is 0.277 e. The molecule has 4 aromatic rings. The summed E-state index contributed by atoms with van der Waals surface area (Å²) >= 11 is 1.28. The van der Waals surface area contributed by atoms with Crippen LogP contribution in [0.1, 0.15) is 29.9 Å². The Morgan fingerprint density at radius 1 is 1.12 bits per heavy atom. The molecule has 2 N–H and O–H groups in total. The Bertz CT molecular complexity index is 1420. The maximum Gasteiger partial charge on any atom is 0.277 e. The zero-order valence-corrected chi connectivity index (χ0v) is 20.0. The van der Waals surface area contributed by atoms with Crippen molar-refractivity contribution in [3.8, 4) is 5.69 Å². The van der Waals surface area contributed by atoms with Crippen molar-refractivity contribution in [2.45, 2.75) is 38.8 Å². The molecule has 34 heavy (non-hydrogen) atoms. The Labute approximate surface area is 199 Å². The summed E-state index contributed by atoms with van der Waals surface area (Å²) < 4.78 is 7.68. The number of aryl methyl sites for hydroxylation is 3. The molecule has 1 aromatic carbocycles. The third-order valence-electron chi connectivity index (χ3n) is 5.88. The first kappa shape index (κ1) is 22.2. The number of thioether (sulfide) groups is 1. The molecule has 0 saturated carbocycles. The van der Waals surface area contributed by atoms with Crippen molar-refractivity contribution in [3.05, 3.63) is 51.6 Å². The standard InChI is InChI=1S/C23H25N7O3S/c1-13-6-8-16(9-7-13)30-22(29-10-4-5-11-29)27-28-23(30)34-12-17(31)24-21-19-18(15(3)33-21)14(2)25-26-20(19)32/h6-9H,4-5,10-12H2,1-3H3,(H,24,31)(H,26,32). The molecule has 0 spiro atoms. The Morgan fingerprint density at radius 3 is 2.59 bits per heavy atom. The second-order valence-electron chi connectivity index (χ2n) is 8.36. The number of hydrogen-bond acceptors (Lipinski definition) is 8. The van der Waals surface area contributed by atoms with Gasteiger partial charge in [0.05, 0.1) is 22.5 Å². The molecule has 5 rings (SSSR count). The van der Waals surface area contributed by atoms with Crippen LogP contribution in [0.4, 0.5) is 11.8 Å². The molecule has 11 heteroatoms. The summed E-state index contributed by atoms with van der Waals surface area (Å²) in [6.45, 7) is 7.43. The summed E-state index contributed by atoms with van der Waals surface area (Å²) in [6.07, 6.45) is 2.24. The predicted molar refractivity (Wildman–Crippen MR) is 131 cm³/mol. The number of nitrogens with zero attached hydrogens (tertiary/aromatic N) is 5. The fraction of sp³-hybridized carbons (Fsp3) is 0.348. The van der Waals surface area contributed by atoms with Crippen LogP contribution in [0, 0.1) is 20.8 Å². The van der Waals surface area contributed by atoms with Gasteiger partial charge in [0.15, 0.2) is 5.16 Å². The molecular weight excluding hydrogens is 454 g/mol. The minimum absolute atomic E-state index is 0.0766. The minimum atomic E-state index is -0.408. The summed E-state index contributed by atoms with van der Waals surface area (Å²) in [5.41, 5.74) is 2.33. The van der Waals surface area contributed by atoms with Gasteiger partial charge in [0, 0.05) is 13.1 Å². The molecule has 0 atom stereocenters. The van der Waals surface area contributed by atoms with Crippen molar-refractivity contribution in [2.75, 3.05) is 29.1 Å². The highest BCUT2D eigenvalue weighted by atomic mass is 32.2. The van der Waals surface area contributed by atoms with Crippen molar-refractivity contribution < 1.29 is 9.21 Å². The zero-order valence-electron chi connectivity index (χ0n) is 19.2. The summed E-state index contributed by atoms with van der Waals surface area (Å²) in [5.74, 6) is 1.21. The first-order chi connectivity index (χ1) is 16.4. The topological polar surface area (TPSA) is 122 Å². The van der Waals surface area contributed by atoms with E-state index in [1.54, 1.807) is 13.8 Å². The number of benzene rings is 1. The van der Waals surface area contributed by atoms with Gasteiger partial charge in [-0.05, 0) is 45.7 Å². The summed E-state index contributed by atoms with van der Waals surface area (Å²) in [4.78, 5) is 27.3. The Morgan fingerprint density at radius 2 is 1.85 bits per heavy atom. The molecule has 1 amide bonds. The van der Waals surface area contributed by atoms with Crippen molar-refractivity contribution in [1.82, 2.24) is 25.0 Å². The van der Waals surface area contributed by atoms with Crippen molar-refractivity contribution in [3.63, 3.8) is 0 Å². The summed E-state index contributed by atoms with van der Waals surface area (Å²) in [7, 11) is 0. The van der Waals surface area contributed by atoms with Gasteiger partial charge in [0.25, 0.3) is 5.56 Å². The number of rotatable bonds is 6. The van der Waals surface area contributed by atoms with E-state index in [0.29, 0.717) is 27.4 Å². The molecule has 1 aliphatic rings. The monoisotopic (exact) mass is 479 g/mol. The number of fused-ring (bicyclic) bond motifs is 1. The van der Waals surface area contributed by atoms with E-state index in [1.165, 1.54) is 11.8 Å². The fourth-order valence-electron chi connectivity index (χ4n) is 4.22. The van der Waals surface area contributed by atoms with Crippen LogP contribution in [0.25, 0.3) is 16.5 Å². The SMILES string of the molecule is Cc1ccc(-n2c(SCC(=O)Nc3oc(C)c4c(C)n[nH]c(=O)c34)nnc2N2CCCC2)cc1. The van der Waals surface area contributed by atoms with Gasteiger partial charge < -0.3 is 9.32 Å². The van der Waals surface area contributed by atoms with Gasteiger partial charge >= 0.3 is 0 Å². The lowest BCUT2D eigenvalue weighted by Gasteiger charge is -2.18. The van der Waals surface area contributed by atoms with Gasteiger partial charge in [0.1, 0.15) is 11.1 Å². The average Bonchev–Trinajstić information content (AvgIpc) is 3.55. The lowest BCUT2D eigenvalue weighted by Crippen LogP contribution is -2.22. The van der Waals surface area contributed by atoms with Gasteiger partial charge in [-0.1, -0.05) is 29.5 Å². The predicted octanol–water partition coefficient (Wildman–Crippen LogP) is 3.35. The van der Waals surface area contributed by atoms with Crippen LogP contribution in [0.3, 0.4) is 0 Å². The molecule has 176 valence electrons. The lowest BCUT2D eigenvalue weighted by molar-refractivity contribution is -0.113. The fourth-order valence-corrected chi connectivity index (χ4v) is 4.97. The largest absolute Gasteiger partial charge is 0.444 e. The van der Waals surface area contributed by atoms with Crippen molar-refractivity contribution >= 4 is 40.3 Å². The molecule has 1 aliphatic heterocycles. The number of furan rings is 1. The quantitative estimate of drug-likeness (QED) is 0.404. The van der Waals surface area contributed by atoms with Crippen molar-refractivity contribution in [2.24, 2.45) is 0 Å². The van der Waals surface area contributed by atoms with Gasteiger partial charge in [-0.15, -0.1) is 10.2 Å². The van der Waals surface area contributed by atoms with E-state index in [1.807, 2.05) is 35.8 Å². The highest BCUT2D eigenvalue weighted by Gasteiger charge is 2.24. The highest BCUT2D eigenvalue weighted by molar-refractivity contribution is 7.99. The van der Waals surface area contributed by atoms with Gasteiger partial charge in [-0.25, -0.2) is 5.10 Å². The average molecular weight is 480 g/mol. The maximum atomic E-state index is 12.8. The third-order valence-corrected chi connectivity index (χ3v) is 6.81. The number of aromatic amines is 1. The van der Waals surface area contributed by atoms with E-state index in [2.05, 4.69) is 30.6 Å². The van der Waals surface area contributed by atoms with E-state index >= 15 is 0 Å². The number of H-pyrrole nitrogens is 1. The summed E-state index contributed by atoms with van der Waals surface area (Å²) in [6, 6.07) is 8.15. The van der Waals surface area contributed by atoms with Gasteiger partial charge in [0.2, 0.25) is 17.7 Å². The minimum Gasteiger partial charge on any atom is -0.444 e. The Hall–Kier alpha value is -3.60. The van der Waals surface area contributed by atoms with Crippen LogP contribution in [0.2, 0.25) is 0 Å². The van der Waals surface area contributed by atoms with Gasteiger partial charge in [-0.3, -0.25) is 19.5 Å². The lowest BCUT2D eigenvalue weighted by atomic mass is 10.2. The number of nitrogens with one attached hydrogen (secondary N) is 2. The molecule has 4 heterocycles. The number of amides is 1. The van der Waals surface area contributed by atoms with E-state index < -0.39 is 5.56 Å². The number of carbonyl (C=O) groups excluding carboxylic acids is 1. The number of anilines is 2. The molecule has 0 unspecified atom stereocenters. The molecule has 0 bridgehead atoms. The Kier molecular flexibility index (Phi) is 5.86. The van der Waals surface area contributed by atoms with E-state index in [-0.39, 0.29) is 17.5 Å². The first-order valence-corrected chi connectivity index (χ1v) is 12.1. The van der Waals surface area contributed by atoms with Crippen LogP contribution in [-0.2, 0) is 4.79 Å². The molecule has 1 saturated heterocycles. The molecular formula is C23H25N7O3S. The zero-order chi connectivity index (χ0) is 23.8. The molecule has 10 nitrogen and oxygen atoms in total. The maximum absolute atomic E-state index is 12.8. The van der Waals surface area contributed by atoms with Crippen LogP contribution >= 0.6 is 11.8 Å². The molecule has 1 fully saturated rings.